The van der Waals surface area contributed by atoms with Crippen molar-refractivity contribution < 1.29 is 9.84 Å². The van der Waals surface area contributed by atoms with Gasteiger partial charge in [-0.2, -0.15) is 0 Å². The van der Waals surface area contributed by atoms with Gasteiger partial charge in [-0.25, -0.2) is 15.0 Å². The zero-order chi connectivity index (χ0) is 15.5. The molecule has 0 saturated carbocycles. The predicted octanol–water partition coefficient (Wildman–Crippen LogP) is 1.51. The molecule has 1 aromatic heterocycles. The van der Waals surface area contributed by atoms with Crippen LogP contribution in [0.1, 0.15) is 12.1 Å². The summed E-state index contributed by atoms with van der Waals surface area (Å²) in [5.41, 5.74) is 2.45. The Morgan fingerprint density at radius 2 is 2.18 bits per heavy atom. The molecule has 1 atom stereocenters. The lowest BCUT2D eigenvalue weighted by Crippen LogP contribution is -2.37. The smallest absolute Gasteiger partial charge is 0.230 e. The first kappa shape index (κ1) is 14.3. The SMILES string of the molecule is COC=C1CC(O)N=C(Nc2nc(C)c3ccccc3n2)N1. The van der Waals surface area contributed by atoms with Gasteiger partial charge in [-0.15, -0.1) is 0 Å². The molecule has 1 aliphatic rings. The number of guanidine groups is 1. The van der Waals surface area contributed by atoms with E-state index in [2.05, 4.69) is 25.6 Å². The summed E-state index contributed by atoms with van der Waals surface area (Å²) < 4.78 is 4.96. The van der Waals surface area contributed by atoms with Crippen LogP contribution in [0.3, 0.4) is 0 Å². The van der Waals surface area contributed by atoms with E-state index in [9.17, 15) is 5.11 Å². The predicted molar refractivity (Wildman–Crippen MR) is 84.2 cm³/mol. The van der Waals surface area contributed by atoms with Crippen molar-refractivity contribution in [3.05, 3.63) is 41.9 Å². The summed E-state index contributed by atoms with van der Waals surface area (Å²) in [5.74, 6) is 0.810. The van der Waals surface area contributed by atoms with Crippen LogP contribution in [0.4, 0.5) is 5.95 Å². The molecule has 0 saturated heterocycles. The Kier molecular flexibility index (Phi) is 3.88. The van der Waals surface area contributed by atoms with E-state index in [0.717, 1.165) is 22.3 Å². The van der Waals surface area contributed by atoms with E-state index < -0.39 is 6.23 Å². The number of aliphatic hydroxyl groups excluding tert-OH is 1. The van der Waals surface area contributed by atoms with Gasteiger partial charge in [0.2, 0.25) is 11.9 Å². The number of methoxy groups -OCH3 is 1. The van der Waals surface area contributed by atoms with E-state index in [0.29, 0.717) is 18.3 Å². The van der Waals surface area contributed by atoms with Crippen LogP contribution in [-0.2, 0) is 4.74 Å². The molecule has 3 rings (SSSR count). The third-order valence-electron chi connectivity index (χ3n) is 3.24. The van der Waals surface area contributed by atoms with E-state index in [4.69, 9.17) is 4.74 Å². The summed E-state index contributed by atoms with van der Waals surface area (Å²) in [5, 5.41) is 16.8. The fraction of sp³-hybridized carbons (Fsp3) is 0.267. The van der Waals surface area contributed by atoms with E-state index >= 15 is 0 Å². The number of aliphatic imine (C=N–C) groups is 1. The van der Waals surface area contributed by atoms with Gasteiger partial charge in [0.1, 0.15) is 6.26 Å². The lowest BCUT2D eigenvalue weighted by molar-refractivity contribution is 0.177. The van der Waals surface area contributed by atoms with Crippen LogP contribution in [0, 0.1) is 6.92 Å². The van der Waals surface area contributed by atoms with Crippen LogP contribution in [0.25, 0.3) is 10.9 Å². The molecule has 2 aromatic rings. The minimum atomic E-state index is -0.827. The molecule has 0 bridgehead atoms. The molecule has 114 valence electrons. The summed E-state index contributed by atoms with van der Waals surface area (Å²) >= 11 is 0. The molecule has 0 radical (unpaired) electrons. The molecule has 0 amide bonds. The monoisotopic (exact) mass is 299 g/mol. The number of benzene rings is 1. The number of nitrogens with one attached hydrogen (secondary N) is 2. The minimum Gasteiger partial charge on any atom is -0.503 e. The number of ether oxygens (including phenoxy) is 1. The molecule has 3 N–H and O–H groups in total. The maximum Gasteiger partial charge on any atom is 0.230 e. The van der Waals surface area contributed by atoms with Crippen molar-refractivity contribution >= 4 is 22.8 Å². The van der Waals surface area contributed by atoms with Crippen molar-refractivity contribution in [2.45, 2.75) is 19.6 Å². The van der Waals surface area contributed by atoms with Gasteiger partial charge in [-0.1, -0.05) is 18.2 Å². The van der Waals surface area contributed by atoms with Crippen molar-refractivity contribution in [1.82, 2.24) is 15.3 Å². The molecular formula is C15H17N5O2. The van der Waals surface area contributed by atoms with Gasteiger partial charge in [0.25, 0.3) is 0 Å². The molecule has 7 heteroatoms. The number of fused-ring (bicyclic) bond motifs is 1. The molecule has 22 heavy (non-hydrogen) atoms. The van der Waals surface area contributed by atoms with E-state index in [1.165, 1.54) is 6.26 Å². The summed E-state index contributed by atoms with van der Waals surface area (Å²) in [7, 11) is 1.55. The van der Waals surface area contributed by atoms with Gasteiger partial charge < -0.3 is 15.2 Å². The van der Waals surface area contributed by atoms with Crippen LogP contribution in [0.5, 0.6) is 0 Å². The molecular weight excluding hydrogens is 282 g/mol. The van der Waals surface area contributed by atoms with Crippen LogP contribution >= 0.6 is 0 Å². The van der Waals surface area contributed by atoms with Gasteiger partial charge in [0.15, 0.2) is 6.23 Å². The van der Waals surface area contributed by atoms with Crippen molar-refractivity contribution in [2.75, 3.05) is 12.4 Å². The van der Waals surface area contributed by atoms with E-state index in [-0.39, 0.29) is 0 Å². The summed E-state index contributed by atoms with van der Waals surface area (Å²) in [6.07, 6.45) is 1.08. The molecule has 1 aliphatic heterocycles. The highest BCUT2D eigenvalue weighted by Crippen LogP contribution is 2.17. The Hall–Kier alpha value is -2.67. The van der Waals surface area contributed by atoms with Gasteiger partial charge in [-0.3, -0.25) is 5.32 Å². The maximum absolute atomic E-state index is 9.78. The topological polar surface area (TPSA) is 91.7 Å². The Bertz CT molecular complexity index is 757. The van der Waals surface area contributed by atoms with E-state index in [1.54, 1.807) is 7.11 Å². The van der Waals surface area contributed by atoms with Crippen LogP contribution < -0.4 is 10.6 Å². The van der Waals surface area contributed by atoms with Crippen LogP contribution in [0.15, 0.2) is 41.2 Å². The highest BCUT2D eigenvalue weighted by atomic mass is 16.5. The third kappa shape index (κ3) is 2.99. The summed E-state index contributed by atoms with van der Waals surface area (Å²) in [4.78, 5) is 13.0. The number of hydrogen-bond donors (Lipinski definition) is 3. The van der Waals surface area contributed by atoms with Crippen molar-refractivity contribution in [2.24, 2.45) is 4.99 Å². The zero-order valence-electron chi connectivity index (χ0n) is 12.4. The molecule has 1 unspecified atom stereocenters. The Balaban J connectivity index is 1.88. The zero-order valence-corrected chi connectivity index (χ0v) is 12.4. The first-order valence-electron chi connectivity index (χ1n) is 6.91. The molecule has 0 aliphatic carbocycles. The molecule has 2 heterocycles. The largest absolute Gasteiger partial charge is 0.503 e. The third-order valence-corrected chi connectivity index (χ3v) is 3.24. The second-order valence-corrected chi connectivity index (χ2v) is 4.94. The summed E-state index contributed by atoms with van der Waals surface area (Å²) in [6, 6.07) is 7.79. The molecule has 0 fully saturated rings. The van der Waals surface area contributed by atoms with Crippen molar-refractivity contribution in [3.8, 4) is 0 Å². The molecule has 0 spiro atoms. The first-order chi connectivity index (χ1) is 10.7. The second-order valence-electron chi connectivity index (χ2n) is 4.94. The number of aliphatic hydroxyl groups is 1. The number of aryl methyl sites for hydroxylation is 1. The number of para-hydroxylation sites is 1. The average Bonchev–Trinajstić information content (AvgIpc) is 2.47. The van der Waals surface area contributed by atoms with Crippen LogP contribution in [-0.4, -0.2) is 34.4 Å². The number of rotatable bonds is 2. The maximum atomic E-state index is 9.78. The average molecular weight is 299 g/mol. The van der Waals surface area contributed by atoms with E-state index in [1.807, 2.05) is 31.2 Å². The number of hydrogen-bond acceptors (Lipinski definition) is 7. The normalized spacial score (nSPS) is 19.7. The number of aromatic nitrogens is 2. The van der Waals surface area contributed by atoms with Crippen molar-refractivity contribution in [1.29, 1.82) is 0 Å². The lowest BCUT2D eigenvalue weighted by Gasteiger charge is -2.21. The van der Waals surface area contributed by atoms with Gasteiger partial charge in [-0.05, 0) is 13.0 Å². The molecule has 7 nitrogen and oxygen atoms in total. The quantitative estimate of drug-likeness (QED) is 0.728. The fourth-order valence-corrected chi connectivity index (χ4v) is 2.31. The number of nitrogens with zero attached hydrogens (tertiary/aromatic N) is 3. The Morgan fingerprint density at radius 1 is 1.36 bits per heavy atom. The van der Waals surface area contributed by atoms with Gasteiger partial charge >= 0.3 is 0 Å². The minimum absolute atomic E-state index is 0.372. The van der Waals surface area contributed by atoms with Gasteiger partial charge in [0, 0.05) is 11.8 Å². The summed E-state index contributed by atoms with van der Waals surface area (Å²) in [6.45, 7) is 1.93. The highest BCUT2D eigenvalue weighted by molar-refractivity contribution is 5.94. The Labute approximate surface area is 127 Å². The highest BCUT2D eigenvalue weighted by Gasteiger charge is 2.17. The van der Waals surface area contributed by atoms with Crippen LogP contribution in [0.2, 0.25) is 0 Å². The standard InChI is InChI=1S/C15H17N5O2/c1-9-11-5-3-4-6-12(11)18-14(16-9)20-15-17-10(8-22-2)7-13(21)19-15/h3-6,8,13,21H,7H2,1-2H3,(H2,16,17,18,19,20). The first-order valence-corrected chi connectivity index (χ1v) is 6.91. The van der Waals surface area contributed by atoms with Gasteiger partial charge in [0.05, 0.1) is 24.0 Å². The van der Waals surface area contributed by atoms with Crippen molar-refractivity contribution in [3.63, 3.8) is 0 Å². The lowest BCUT2D eigenvalue weighted by atomic mass is 10.2. The molecule has 1 aromatic carbocycles. The fourth-order valence-electron chi connectivity index (χ4n) is 2.31. The second kappa shape index (κ2) is 5.98. The number of anilines is 1. The Morgan fingerprint density at radius 3 is 3.00 bits per heavy atom.